The van der Waals surface area contributed by atoms with Crippen molar-refractivity contribution >= 4 is 23.2 Å². The van der Waals surface area contributed by atoms with Crippen LogP contribution in [0.2, 0.25) is 5.02 Å². The molecule has 1 atom stereocenters. The minimum atomic E-state index is -0.221. The first-order chi connectivity index (χ1) is 14.1. The van der Waals surface area contributed by atoms with Gasteiger partial charge in [0, 0.05) is 23.6 Å². The van der Waals surface area contributed by atoms with E-state index < -0.39 is 0 Å². The maximum absolute atomic E-state index is 12.6. The molecule has 9 heteroatoms. The van der Waals surface area contributed by atoms with E-state index in [-0.39, 0.29) is 25.0 Å². The molecule has 2 aliphatic heterocycles. The number of carbonyl (C=O) groups excluding carboxylic acids is 1. The zero-order valence-electron chi connectivity index (χ0n) is 15.4. The number of hydrogen-bond donors (Lipinski definition) is 0. The fourth-order valence-electron chi connectivity index (χ4n) is 3.53. The Bertz CT molecular complexity index is 1100. The zero-order valence-corrected chi connectivity index (χ0v) is 16.2. The topological polar surface area (TPSA) is 86.9 Å². The lowest BCUT2D eigenvalue weighted by Gasteiger charge is -2.19. The highest BCUT2D eigenvalue weighted by Gasteiger charge is 2.36. The molecule has 1 aromatic heterocycles. The first-order valence-electron chi connectivity index (χ1n) is 9.00. The Hall–Kier alpha value is -3.26. The highest BCUT2D eigenvalue weighted by molar-refractivity contribution is 6.31. The predicted octanol–water partition coefficient (Wildman–Crippen LogP) is 3.65. The van der Waals surface area contributed by atoms with Crippen molar-refractivity contribution in [3.8, 4) is 28.6 Å². The van der Waals surface area contributed by atoms with Crippen molar-refractivity contribution in [2.45, 2.75) is 12.3 Å². The van der Waals surface area contributed by atoms with E-state index in [1.807, 2.05) is 6.07 Å². The van der Waals surface area contributed by atoms with E-state index in [4.69, 9.17) is 30.3 Å². The number of benzene rings is 2. The number of nitrogens with zero attached hydrogens (tertiary/aromatic N) is 3. The molecule has 0 radical (unpaired) electrons. The highest BCUT2D eigenvalue weighted by atomic mass is 35.5. The van der Waals surface area contributed by atoms with E-state index >= 15 is 0 Å². The minimum Gasteiger partial charge on any atom is -0.495 e. The van der Waals surface area contributed by atoms with Crippen LogP contribution < -0.4 is 19.1 Å². The Morgan fingerprint density at radius 3 is 2.90 bits per heavy atom. The summed E-state index contributed by atoms with van der Waals surface area (Å²) in [5.41, 5.74) is 1.38. The van der Waals surface area contributed by atoms with Gasteiger partial charge in [-0.2, -0.15) is 4.98 Å². The average molecular weight is 414 g/mol. The second-order valence-corrected chi connectivity index (χ2v) is 7.18. The van der Waals surface area contributed by atoms with Gasteiger partial charge in [-0.05, 0) is 36.4 Å². The van der Waals surface area contributed by atoms with Gasteiger partial charge in [0.15, 0.2) is 11.5 Å². The molecule has 5 rings (SSSR count). The third-order valence-corrected chi connectivity index (χ3v) is 5.21. The zero-order chi connectivity index (χ0) is 20.0. The van der Waals surface area contributed by atoms with Crippen molar-refractivity contribution in [1.29, 1.82) is 0 Å². The van der Waals surface area contributed by atoms with E-state index in [0.29, 0.717) is 46.2 Å². The molecule has 2 aromatic carbocycles. The third kappa shape index (κ3) is 3.15. The average Bonchev–Trinajstić information content (AvgIpc) is 3.46. The van der Waals surface area contributed by atoms with Gasteiger partial charge in [-0.3, -0.25) is 4.79 Å². The fourth-order valence-corrected chi connectivity index (χ4v) is 3.70. The van der Waals surface area contributed by atoms with E-state index in [0.717, 1.165) is 5.56 Å². The van der Waals surface area contributed by atoms with Gasteiger partial charge < -0.3 is 23.6 Å². The van der Waals surface area contributed by atoms with Crippen LogP contribution >= 0.6 is 11.6 Å². The third-order valence-electron chi connectivity index (χ3n) is 4.98. The van der Waals surface area contributed by atoms with Gasteiger partial charge in [0.1, 0.15) is 5.75 Å². The first kappa shape index (κ1) is 17.8. The molecule has 8 nitrogen and oxygen atoms in total. The lowest BCUT2D eigenvalue weighted by Crippen LogP contribution is -2.24. The van der Waals surface area contributed by atoms with Crippen molar-refractivity contribution in [1.82, 2.24) is 10.1 Å². The molecule has 29 heavy (non-hydrogen) atoms. The number of halogens is 1. The number of anilines is 1. The molecule has 1 fully saturated rings. The molecular formula is C20H16ClN3O5. The Labute approximate surface area is 170 Å². The Morgan fingerprint density at radius 1 is 1.17 bits per heavy atom. The molecule has 2 aliphatic rings. The quantitative estimate of drug-likeness (QED) is 0.645. The summed E-state index contributed by atoms with van der Waals surface area (Å²) in [5.74, 6) is 2.47. The normalized spacial score (nSPS) is 17.8. The van der Waals surface area contributed by atoms with Crippen LogP contribution in [0.1, 0.15) is 18.2 Å². The van der Waals surface area contributed by atoms with E-state index in [2.05, 4.69) is 10.1 Å². The van der Waals surface area contributed by atoms with Crippen LogP contribution in [0.4, 0.5) is 5.69 Å². The van der Waals surface area contributed by atoms with E-state index in [1.54, 1.807) is 42.3 Å². The smallest absolute Gasteiger partial charge is 0.232 e. The Balaban J connectivity index is 1.39. The van der Waals surface area contributed by atoms with Gasteiger partial charge in [-0.1, -0.05) is 16.8 Å². The number of fused-ring (bicyclic) bond motifs is 1. The van der Waals surface area contributed by atoms with Gasteiger partial charge in [0.05, 0.1) is 18.7 Å². The SMILES string of the molecule is COc1ccc(Cl)cc1N1CC(c2nc(-c3ccc4c(c3)OCO4)no2)CC1=O. The van der Waals surface area contributed by atoms with Crippen molar-refractivity contribution in [3.63, 3.8) is 0 Å². The van der Waals surface area contributed by atoms with Crippen LogP contribution in [0.25, 0.3) is 11.4 Å². The van der Waals surface area contributed by atoms with Crippen LogP contribution in [0.3, 0.4) is 0 Å². The maximum Gasteiger partial charge on any atom is 0.232 e. The number of methoxy groups -OCH3 is 1. The van der Waals surface area contributed by atoms with Gasteiger partial charge in [0.25, 0.3) is 0 Å². The van der Waals surface area contributed by atoms with Crippen molar-refractivity contribution < 1.29 is 23.5 Å². The number of amides is 1. The maximum atomic E-state index is 12.6. The van der Waals surface area contributed by atoms with Crippen LogP contribution in [-0.2, 0) is 4.79 Å². The van der Waals surface area contributed by atoms with Crippen molar-refractivity contribution in [3.05, 3.63) is 47.3 Å². The van der Waals surface area contributed by atoms with Gasteiger partial charge in [-0.25, -0.2) is 0 Å². The lowest BCUT2D eigenvalue weighted by atomic mass is 10.1. The second-order valence-electron chi connectivity index (χ2n) is 6.75. The molecule has 148 valence electrons. The summed E-state index contributed by atoms with van der Waals surface area (Å²) in [6, 6.07) is 10.6. The number of ether oxygens (including phenoxy) is 3. The number of rotatable bonds is 4. The molecule has 3 heterocycles. The molecule has 1 saturated heterocycles. The van der Waals surface area contributed by atoms with Crippen molar-refractivity contribution in [2.75, 3.05) is 25.3 Å². The minimum absolute atomic E-state index is 0.0570. The molecule has 0 spiro atoms. The number of carbonyl (C=O) groups is 1. The van der Waals surface area contributed by atoms with E-state index in [9.17, 15) is 4.79 Å². The summed E-state index contributed by atoms with van der Waals surface area (Å²) in [6.07, 6.45) is 0.262. The standard InChI is InChI=1S/C20H16ClN3O5/c1-26-15-5-3-13(21)8-14(15)24-9-12(7-18(24)25)20-22-19(23-29-20)11-2-4-16-17(6-11)28-10-27-16/h2-6,8,12H,7,9-10H2,1H3. The van der Waals surface area contributed by atoms with Crippen LogP contribution in [0, 0.1) is 0 Å². The van der Waals surface area contributed by atoms with E-state index in [1.165, 1.54) is 0 Å². The summed E-state index contributed by atoms with van der Waals surface area (Å²) in [4.78, 5) is 18.8. The van der Waals surface area contributed by atoms with Gasteiger partial charge >= 0.3 is 0 Å². The molecule has 0 bridgehead atoms. The van der Waals surface area contributed by atoms with Gasteiger partial charge in [-0.15, -0.1) is 0 Å². The Kier molecular flexibility index (Phi) is 4.28. The number of hydrogen-bond acceptors (Lipinski definition) is 7. The largest absolute Gasteiger partial charge is 0.495 e. The summed E-state index contributed by atoms with van der Waals surface area (Å²) in [5, 5.41) is 4.60. The summed E-state index contributed by atoms with van der Waals surface area (Å²) < 4.78 is 21.6. The molecule has 3 aromatic rings. The second kappa shape index (κ2) is 6.97. The molecule has 0 N–H and O–H groups in total. The fraction of sp³-hybridized carbons (Fsp3) is 0.250. The summed E-state index contributed by atoms with van der Waals surface area (Å²) >= 11 is 6.11. The highest BCUT2D eigenvalue weighted by Crippen LogP contribution is 2.39. The summed E-state index contributed by atoms with van der Waals surface area (Å²) in [6.45, 7) is 0.599. The number of aromatic nitrogens is 2. The molecular weight excluding hydrogens is 398 g/mol. The molecule has 1 amide bonds. The van der Waals surface area contributed by atoms with Crippen molar-refractivity contribution in [2.24, 2.45) is 0 Å². The molecule has 0 saturated carbocycles. The van der Waals surface area contributed by atoms with Crippen LogP contribution in [-0.4, -0.2) is 36.5 Å². The lowest BCUT2D eigenvalue weighted by molar-refractivity contribution is -0.117. The molecule has 0 aliphatic carbocycles. The van der Waals surface area contributed by atoms with Crippen LogP contribution in [0.15, 0.2) is 40.9 Å². The predicted molar refractivity (Wildman–Crippen MR) is 104 cm³/mol. The van der Waals surface area contributed by atoms with Crippen LogP contribution in [0.5, 0.6) is 17.2 Å². The first-order valence-corrected chi connectivity index (χ1v) is 9.37. The Morgan fingerprint density at radius 2 is 2.03 bits per heavy atom. The monoisotopic (exact) mass is 413 g/mol. The van der Waals surface area contributed by atoms with Gasteiger partial charge in [0.2, 0.25) is 24.4 Å². The summed E-state index contributed by atoms with van der Waals surface area (Å²) in [7, 11) is 1.56. The molecule has 1 unspecified atom stereocenters.